The summed E-state index contributed by atoms with van der Waals surface area (Å²) in [5.41, 5.74) is 11.9. The van der Waals surface area contributed by atoms with Crippen molar-refractivity contribution in [2.24, 2.45) is 5.73 Å². The number of para-hydroxylation sites is 1. The van der Waals surface area contributed by atoms with Crippen LogP contribution in [0, 0.1) is 6.92 Å². The Kier molecular flexibility index (Phi) is 6.78. The first kappa shape index (κ1) is 23.9. The highest BCUT2D eigenvalue weighted by atomic mass is 16.1. The number of carbonyl (C=O) groups is 1. The fourth-order valence-electron chi connectivity index (χ4n) is 4.22. The van der Waals surface area contributed by atoms with Crippen LogP contribution >= 0.6 is 0 Å². The lowest BCUT2D eigenvalue weighted by atomic mass is 9.95. The smallest absolute Gasteiger partial charge is 0.204 e. The van der Waals surface area contributed by atoms with Crippen LogP contribution in [0.3, 0.4) is 0 Å². The minimum Gasteiger partial charge on any atom is -0.380 e. The number of hydrogen-bond acceptors (Lipinski definition) is 4. The topological polar surface area (TPSA) is 80.9 Å². The summed E-state index contributed by atoms with van der Waals surface area (Å²) in [5.74, 6) is 0. The normalized spacial score (nSPS) is 11.1. The van der Waals surface area contributed by atoms with Gasteiger partial charge in [0.2, 0.25) is 6.41 Å². The zero-order valence-electron chi connectivity index (χ0n) is 20.5. The lowest BCUT2D eigenvalue weighted by Crippen LogP contribution is -2.26. The van der Waals surface area contributed by atoms with Gasteiger partial charge in [0.1, 0.15) is 0 Å². The molecule has 0 aliphatic rings. The SMILES string of the molecule is Cc1ccc(-c2nccc3c(-c4cnc5ccccc5c4)cccc23)cc1NC(C)(C)C.NC=O. The second-order valence-electron chi connectivity index (χ2n) is 9.52. The first-order valence-corrected chi connectivity index (χ1v) is 11.6. The molecule has 5 nitrogen and oxygen atoms in total. The minimum absolute atomic E-state index is 0.00811. The molecule has 0 atom stereocenters. The van der Waals surface area contributed by atoms with Gasteiger partial charge in [0.05, 0.1) is 11.2 Å². The number of amides is 1. The van der Waals surface area contributed by atoms with E-state index in [1.165, 1.54) is 16.5 Å². The second kappa shape index (κ2) is 9.94. The molecule has 0 radical (unpaired) electrons. The van der Waals surface area contributed by atoms with Gasteiger partial charge in [0.15, 0.2) is 0 Å². The van der Waals surface area contributed by atoms with E-state index in [9.17, 15) is 0 Å². The molecule has 3 aromatic carbocycles. The van der Waals surface area contributed by atoms with Crippen LogP contribution in [0.5, 0.6) is 0 Å². The zero-order chi connectivity index (χ0) is 25.0. The Morgan fingerprint density at radius 2 is 1.63 bits per heavy atom. The number of hydrogen-bond donors (Lipinski definition) is 2. The molecular formula is C30H30N4O. The van der Waals surface area contributed by atoms with Crippen LogP contribution < -0.4 is 11.1 Å². The van der Waals surface area contributed by atoms with Crippen molar-refractivity contribution in [1.82, 2.24) is 9.97 Å². The Balaban J connectivity index is 0.000000917. The first-order chi connectivity index (χ1) is 16.8. The molecule has 0 unspecified atom stereocenters. The Morgan fingerprint density at radius 1 is 0.857 bits per heavy atom. The highest BCUT2D eigenvalue weighted by Crippen LogP contribution is 2.35. The molecule has 5 rings (SSSR count). The maximum atomic E-state index is 8.58. The predicted molar refractivity (Wildman–Crippen MR) is 146 cm³/mol. The van der Waals surface area contributed by atoms with E-state index >= 15 is 0 Å². The largest absolute Gasteiger partial charge is 0.380 e. The first-order valence-electron chi connectivity index (χ1n) is 11.6. The van der Waals surface area contributed by atoms with Crippen molar-refractivity contribution in [3.63, 3.8) is 0 Å². The summed E-state index contributed by atoms with van der Waals surface area (Å²) in [5, 5.41) is 7.10. The van der Waals surface area contributed by atoms with Gasteiger partial charge >= 0.3 is 0 Å². The van der Waals surface area contributed by atoms with Crippen LogP contribution in [0.25, 0.3) is 44.1 Å². The van der Waals surface area contributed by atoms with Gasteiger partial charge in [0, 0.05) is 45.5 Å². The maximum absolute atomic E-state index is 8.58. The third kappa shape index (κ3) is 5.30. The summed E-state index contributed by atoms with van der Waals surface area (Å²) in [7, 11) is 0. The van der Waals surface area contributed by atoms with Gasteiger partial charge in [-0.2, -0.15) is 0 Å². The Bertz CT molecular complexity index is 1500. The number of pyridine rings is 2. The van der Waals surface area contributed by atoms with Gasteiger partial charge in [0.25, 0.3) is 0 Å². The molecule has 2 aromatic heterocycles. The van der Waals surface area contributed by atoms with Gasteiger partial charge in [-0.05, 0) is 68.5 Å². The monoisotopic (exact) mass is 462 g/mol. The minimum atomic E-state index is -0.00811. The van der Waals surface area contributed by atoms with Crippen LogP contribution in [-0.4, -0.2) is 21.9 Å². The molecule has 0 saturated heterocycles. The number of benzene rings is 3. The highest BCUT2D eigenvalue weighted by molar-refractivity contribution is 6.04. The number of aryl methyl sites for hydroxylation is 1. The van der Waals surface area contributed by atoms with E-state index in [4.69, 9.17) is 9.78 Å². The van der Waals surface area contributed by atoms with Gasteiger partial charge in [-0.1, -0.05) is 48.5 Å². The number of aromatic nitrogens is 2. The van der Waals surface area contributed by atoms with E-state index < -0.39 is 0 Å². The van der Waals surface area contributed by atoms with Gasteiger partial charge in [-0.15, -0.1) is 0 Å². The van der Waals surface area contributed by atoms with Crippen molar-refractivity contribution < 1.29 is 4.79 Å². The summed E-state index contributed by atoms with van der Waals surface area (Å²) in [6.45, 7) is 8.68. The van der Waals surface area contributed by atoms with Crippen molar-refractivity contribution in [3.8, 4) is 22.4 Å². The predicted octanol–water partition coefficient (Wildman–Crippen LogP) is 6.74. The van der Waals surface area contributed by atoms with E-state index in [1.54, 1.807) is 0 Å². The lowest BCUT2D eigenvalue weighted by Gasteiger charge is -2.24. The summed E-state index contributed by atoms with van der Waals surface area (Å²) in [4.78, 5) is 18.0. The van der Waals surface area contributed by atoms with E-state index in [2.05, 4.69) is 104 Å². The molecule has 0 aliphatic carbocycles. The molecule has 35 heavy (non-hydrogen) atoms. The summed E-state index contributed by atoms with van der Waals surface area (Å²) >= 11 is 0. The fourth-order valence-corrected chi connectivity index (χ4v) is 4.22. The summed E-state index contributed by atoms with van der Waals surface area (Å²) in [6, 6.07) is 25.5. The van der Waals surface area contributed by atoms with Crippen LogP contribution in [-0.2, 0) is 4.79 Å². The van der Waals surface area contributed by atoms with E-state index in [-0.39, 0.29) is 11.9 Å². The lowest BCUT2D eigenvalue weighted by molar-refractivity contribution is -0.106. The van der Waals surface area contributed by atoms with Crippen molar-refractivity contribution >= 4 is 33.8 Å². The molecule has 0 fully saturated rings. The molecule has 0 bridgehead atoms. The number of nitrogens with two attached hydrogens (primary N) is 1. The number of carbonyl (C=O) groups excluding carboxylic acids is 1. The van der Waals surface area contributed by atoms with Gasteiger partial charge in [-0.3, -0.25) is 14.8 Å². The van der Waals surface area contributed by atoms with Crippen LogP contribution in [0.15, 0.2) is 85.2 Å². The highest BCUT2D eigenvalue weighted by Gasteiger charge is 2.14. The molecule has 0 saturated carbocycles. The van der Waals surface area contributed by atoms with Crippen molar-refractivity contribution in [1.29, 1.82) is 0 Å². The molecule has 1 amide bonds. The number of nitrogens with one attached hydrogen (secondary N) is 1. The standard InChI is InChI=1S/C29H27N3.CH3NO/c1-19-12-13-21(17-27(19)32-29(2,3)4)28-25-10-7-9-23(24(25)14-15-30-28)22-16-20-8-5-6-11-26(20)31-18-22;2-1-3/h5-18,32H,1-4H3;1H,(H2,2,3). The molecular weight excluding hydrogens is 432 g/mol. The zero-order valence-corrected chi connectivity index (χ0v) is 20.5. The van der Waals surface area contributed by atoms with E-state index in [0.717, 1.165) is 38.8 Å². The molecule has 5 aromatic rings. The van der Waals surface area contributed by atoms with Gasteiger partial charge < -0.3 is 11.1 Å². The summed E-state index contributed by atoms with van der Waals surface area (Å²) < 4.78 is 0. The number of rotatable bonds is 3. The van der Waals surface area contributed by atoms with Crippen LogP contribution in [0.2, 0.25) is 0 Å². The molecule has 0 aliphatic heterocycles. The molecule has 176 valence electrons. The Labute approximate surface area is 206 Å². The fraction of sp³-hybridized carbons (Fsp3) is 0.167. The third-order valence-corrected chi connectivity index (χ3v) is 5.73. The Morgan fingerprint density at radius 3 is 2.40 bits per heavy atom. The van der Waals surface area contributed by atoms with Crippen molar-refractivity contribution in [2.75, 3.05) is 5.32 Å². The number of anilines is 1. The number of fused-ring (bicyclic) bond motifs is 2. The number of primary amides is 1. The summed E-state index contributed by atoms with van der Waals surface area (Å²) in [6.07, 6.45) is 4.13. The number of nitrogens with zero attached hydrogens (tertiary/aromatic N) is 2. The van der Waals surface area contributed by atoms with E-state index in [0.29, 0.717) is 0 Å². The van der Waals surface area contributed by atoms with Crippen LogP contribution in [0.4, 0.5) is 5.69 Å². The maximum Gasteiger partial charge on any atom is 0.204 e. The molecule has 0 spiro atoms. The van der Waals surface area contributed by atoms with Crippen LogP contribution in [0.1, 0.15) is 26.3 Å². The van der Waals surface area contributed by atoms with Crippen molar-refractivity contribution in [3.05, 3.63) is 90.8 Å². The average molecular weight is 463 g/mol. The quantitative estimate of drug-likeness (QED) is 0.291. The molecule has 2 heterocycles. The third-order valence-electron chi connectivity index (χ3n) is 5.73. The molecule has 5 heteroatoms. The average Bonchev–Trinajstić information content (AvgIpc) is 2.84. The molecule has 3 N–H and O–H groups in total. The second-order valence-corrected chi connectivity index (χ2v) is 9.52. The van der Waals surface area contributed by atoms with Gasteiger partial charge in [-0.25, -0.2) is 0 Å². The van der Waals surface area contributed by atoms with Crippen molar-refractivity contribution in [2.45, 2.75) is 33.2 Å². The van der Waals surface area contributed by atoms with E-state index in [1.807, 2.05) is 24.5 Å². The Hall–Kier alpha value is -4.25.